The van der Waals surface area contributed by atoms with Crippen LogP contribution in [0.2, 0.25) is 0 Å². The van der Waals surface area contributed by atoms with Crippen molar-refractivity contribution in [3.05, 3.63) is 0 Å². The molecule has 0 fully saturated rings. The van der Waals surface area contributed by atoms with E-state index in [4.69, 9.17) is 10.2 Å². The minimum Gasteiger partial charge on any atom is -0.481 e. The Morgan fingerprint density at radius 3 is 2.23 bits per heavy atom. The summed E-state index contributed by atoms with van der Waals surface area (Å²) in [5, 5.41) is 25.6. The van der Waals surface area contributed by atoms with E-state index in [0.717, 1.165) is 13.0 Å². The van der Waals surface area contributed by atoms with Crippen LogP contribution in [0, 0.1) is 0 Å². The first-order valence-corrected chi connectivity index (χ1v) is 7.55. The summed E-state index contributed by atoms with van der Waals surface area (Å²) in [4.78, 5) is 32.9. The van der Waals surface area contributed by atoms with Gasteiger partial charge in [0.2, 0.25) is 0 Å². The van der Waals surface area contributed by atoms with Crippen LogP contribution >= 0.6 is 0 Å². The molecule has 2 amide bonds. The molecule has 0 radical (unpaired) electrons. The van der Waals surface area contributed by atoms with E-state index < -0.39 is 24.0 Å². The van der Waals surface area contributed by atoms with Crippen molar-refractivity contribution >= 4 is 18.0 Å². The number of urea groups is 1. The van der Waals surface area contributed by atoms with Crippen molar-refractivity contribution in [2.45, 2.75) is 58.0 Å². The van der Waals surface area contributed by atoms with Gasteiger partial charge in [0.1, 0.15) is 6.04 Å². The summed E-state index contributed by atoms with van der Waals surface area (Å²) in [6, 6.07) is -1.12. The van der Waals surface area contributed by atoms with Gasteiger partial charge in [0.05, 0.1) is 0 Å². The Labute approximate surface area is 130 Å². The number of unbranched alkanes of at least 4 members (excludes halogenated alkanes) is 1. The monoisotopic (exact) mass is 317 g/mol. The zero-order chi connectivity index (χ0) is 17.0. The standard InChI is InChI=1S/C14H27N3O5/c1-10(2)15-8-4-3-6-11(13(20)21)17-14(22)16-9-5-7-12(18)19/h10-11,15H,3-9H2,1-2H3,(H,18,19)(H,20,21)(H2,16,17,22)/t11-/m0/s1. The summed E-state index contributed by atoms with van der Waals surface area (Å²) >= 11 is 0. The Morgan fingerprint density at radius 2 is 1.68 bits per heavy atom. The van der Waals surface area contributed by atoms with E-state index >= 15 is 0 Å². The van der Waals surface area contributed by atoms with E-state index in [1.54, 1.807) is 0 Å². The van der Waals surface area contributed by atoms with Crippen LogP contribution in [0.5, 0.6) is 0 Å². The lowest BCUT2D eigenvalue weighted by Gasteiger charge is -2.15. The van der Waals surface area contributed by atoms with Crippen LogP contribution in [0.25, 0.3) is 0 Å². The van der Waals surface area contributed by atoms with Gasteiger partial charge in [-0.05, 0) is 32.2 Å². The summed E-state index contributed by atoms with van der Waals surface area (Å²) < 4.78 is 0. The van der Waals surface area contributed by atoms with Crippen LogP contribution in [0.15, 0.2) is 0 Å². The third-order valence-electron chi connectivity index (χ3n) is 2.93. The number of hydrogen-bond donors (Lipinski definition) is 5. The van der Waals surface area contributed by atoms with Crippen molar-refractivity contribution in [2.24, 2.45) is 0 Å². The van der Waals surface area contributed by atoms with Gasteiger partial charge in [-0.25, -0.2) is 9.59 Å². The molecule has 5 N–H and O–H groups in total. The van der Waals surface area contributed by atoms with E-state index in [0.29, 0.717) is 25.3 Å². The third kappa shape index (κ3) is 12.0. The molecule has 0 saturated carbocycles. The van der Waals surface area contributed by atoms with Gasteiger partial charge in [-0.1, -0.05) is 13.8 Å². The van der Waals surface area contributed by atoms with Crippen LogP contribution < -0.4 is 16.0 Å². The molecule has 0 bridgehead atoms. The first-order chi connectivity index (χ1) is 10.3. The minimum absolute atomic E-state index is 0.0362. The molecule has 0 spiro atoms. The zero-order valence-corrected chi connectivity index (χ0v) is 13.2. The highest BCUT2D eigenvalue weighted by atomic mass is 16.4. The van der Waals surface area contributed by atoms with Crippen LogP contribution in [0.4, 0.5) is 4.79 Å². The lowest BCUT2D eigenvalue weighted by atomic mass is 10.1. The molecule has 1 atom stereocenters. The molecule has 22 heavy (non-hydrogen) atoms. The van der Waals surface area contributed by atoms with E-state index in [9.17, 15) is 14.4 Å². The number of aliphatic carboxylic acids is 2. The van der Waals surface area contributed by atoms with Gasteiger partial charge in [-0.3, -0.25) is 4.79 Å². The number of amides is 2. The largest absolute Gasteiger partial charge is 0.481 e. The second-order valence-corrected chi connectivity index (χ2v) is 5.39. The number of nitrogens with one attached hydrogen (secondary N) is 3. The van der Waals surface area contributed by atoms with Gasteiger partial charge in [0.15, 0.2) is 0 Å². The fourth-order valence-corrected chi connectivity index (χ4v) is 1.77. The topological polar surface area (TPSA) is 128 Å². The van der Waals surface area contributed by atoms with Crippen molar-refractivity contribution in [1.82, 2.24) is 16.0 Å². The van der Waals surface area contributed by atoms with Crippen LogP contribution in [-0.4, -0.2) is 53.4 Å². The second kappa shape index (κ2) is 11.8. The molecule has 0 aliphatic carbocycles. The molecule has 0 aliphatic rings. The van der Waals surface area contributed by atoms with Crippen LogP contribution in [-0.2, 0) is 9.59 Å². The highest BCUT2D eigenvalue weighted by Gasteiger charge is 2.19. The molecule has 0 saturated heterocycles. The highest BCUT2D eigenvalue weighted by molar-refractivity contribution is 5.82. The first kappa shape index (κ1) is 20.2. The molecule has 0 aromatic rings. The average molecular weight is 317 g/mol. The first-order valence-electron chi connectivity index (χ1n) is 7.55. The van der Waals surface area contributed by atoms with Gasteiger partial charge in [-0.2, -0.15) is 0 Å². The summed E-state index contributed by atoms with van der Waals surface area (Å²) in [6.45, 7) is 5.08. The SMILES string of the molecule is CC(C)NCCCC[C@H](NC(=O)NCCCC(=O)O)C(=O)O. The Balaban J connectivity index is 3.90. The minimum atomic E-state index is -1.07. The Kier molecular flexibility index (Phi) is 10.8. The molecule has 0 heterocycles. The predicted octanol–water partition coefficient (Wildman–Crippen LogP) is 0.772. The fourth-order valence-electron chi connectivity index (χ4n) is 1.77. The van der Waals surface area contributed by atoms with Crippen molar-refractivity contribution < 1.29 is 24.6 Å². The summed E-state index contributed by atoms with van der Waals surface area (Å²) in [6.07, 6.45) is 2.16. The number of carboxylic acid groups (broad SMARTS) is 2. The summed E-state index contributed by atoms with van der Waals surface area (Å²) in [5.41, 5.74) is 0. The summed E-state index contributed by atoms with van der Waals surface area (Å²) in [7, 11) is 0. The van der Waals surface area contributed by atoms with Crippen LogP contribution in [0.1, 0.15) is 46.0 Å². The van der Waals surface area contributed by atoms with E-state index in [1.807, 2.05) is 13.8 Å². The Hall–Kier alpha value is -1.83. The molecule has 8 heteroatoms. The highest BCUT2D eigenvalue weighted by Crippen LogP contribution is 2.01. The average Bonchev–Trinajstić information content (AvgIpc) is 2.41. The second-order valence-electron chi connectivity index (χ2n) is 5.39. The predicted molar refractivity (Wildman–Crippen MR) is 81.8 cm³/mol. The van der Waals surface area contributed by atoms with Gasteiger partial charge in [0.25, 0.3) is 0 Å². The van der Waals surface area contributed by atoms with E-state index in [1.165, 1.54) is 0 Å². The lowest BCUT2D eigenvalue weighted by molar-refractivity contribution is -0.139. The molecular weight excluding hydrogens is 290 g/mol. The molecular formula is C14H27N3O5. The molecule has 0 aliphatic heterocycles. The van der Waals surface area contributed by atoms with Crippen LogP contribution in [0.3, 0.4) is 0 Å². The molecule has 0 aromatic carbocycles. The zero-order valence-electron chi connectivity index (χ0n) is 13.2. The van der Waals surface area contributed by atoms with Gasteiger partial charge < -0.3 is 26.2 Å². The maximum absolute atomic E-state index is 11.5. The Morgan fingerprint density at radius 1 is 1.00 bits per heavy atom. The van der Waals surface area contributed by atoms with Gasteiger partial charge in [-0.15, -0.1) is 0 Å². The van der Waals surface area contributed by atoms with Crippen molar-refractivity contribution in [3.8, 4) is 0 Å². The van der Waals surface area contributed by atoms with Gasteiger partial charge in [0, 0.05) is 19.0 Å². The smallest absolute Gasteiger partial charge is 0.326 e. The third-order valence-corrected chi connectivity index (χ3v) is 2.93. The fraction of sp³-hybridized carbons (Fsp3) is 0.786. The van der Waals surface area contributed by atoms with Crippen molar-refractivity contribution in [2.75, 3.05) is 13.1 Å². The quantitative estimate of drug-likeness (QED) is 0.338. The number of hydrogen-bond acceptors (Lipinski definition) is 4. The number of carbonyl (C=O) groups is 3. The van der Waals surface area contributed by atoms with Crippen molar-refractivity contribution in [3.63, 3.8) is 0 Å². The van der Waals surface area contributed by atoms with Gasteiger partial charge >= 0.3 is 18.0 Å². The number of carboxylic acids is 2. The molecule has 0 unspecified atom stereocenters. The van der Waals surface area contributed by atoms with E-state index in [-0.39, 0.29) is 13.0 Å². The number of carbonyl (C=O) groups excluding carboxylic acids is 1. The molecule has 0 aromatic heterocycles. The molecule has 128 valence electrons. The normalized spacial score (nSPS) is 12.0. The molecule has 0 rings (SSSR count). The Bertz CT molecular complexity index is 360. The lowest BCUT2D eigenvalue weighted by Crippen LogP contribution is -2.46. The number of rotatable bonds is 12. The van der Waals surface area contributed by atoms with Crippen molar-refractivity contribution in [1.29, 1.82) is 0 Å². The maximum atomic E-state index is 11.5. The summed E-state index contributed by atoms with van der Waals surface area (Å²) in [5.74, 6) is -2.00. The maximum Gasteiger partial charge on any atom is 0.326 e. The molecule has 8 nitrogen and oxygen atoms in total. The van der Waals surface area contributed by atoms with E-state index in [2.05, 4.69) is 16.0 Å².